The summed E-state index contributed by atoms with van der Waals surface area (Å²) in [7, 11) is 0. The van der Waals surface area contributed by atoms with Gasteiger partial charge in [-0.3, -0.25) is 0 Å². The van der Waals surface area contributed by atoms with Crippen LogP contribution in [0.15, 0.2) is 12.4 Å². The van der Waals surface area contributed by atoms with Gasteiger partial charge in [-0.05, 0) is 25.7 Å². The zero-order chi connectivity index (χ0) is 23.8. The summed E-state index contributed by atoms with van der Waals surface area (Å²) in [6.45, 7) is 9.45. The summed E-state index contributed by atoms with van der Waals surface area (Å²) < 4.78 is 0. The van der Waals surface area contributed by atoms with Crippen molar-refractivity contribution in [3.63, 3.8) is 0 Å². The zero-order valence-electron chi connectivity index (χ0n) is 23.3. The Morgan fingerprint density at radius 1 is 0.394 bits per heavy atom. The molecule has 0 fully saturated rings. The number of hydrogen-bond donors (Lipinski definition) is 0. The van der Waals surface area contributed by atoms with E-state index in [9.17, 15) is 0 Å². The molecule has 0 aliphatic carbocycles. The van der Waals surface area contributed by atoms with E-state index in [0.717, 1.165) is 0 Å². The van der Waals surface area contributed by atoms with Gasteiger partial charge in [-0.15, -0.1) is 0 Å². The van der Waals surface area contributed by atoms with Gasteiger partial charge in [0.2, 0.25) is 0 Å². The Kier molecular flexibility index (Phi) is 21.3. The maximum absolute atomic E-state index is 2.69. The number of unbranched alkanes of at least 4 members (excludes halogenated alkanes) is 19. The van der Waals surface area contributed by atoms with Gasteiger partial charge < -0.3 is 9.80 Å². The van der Waals surface area contributed by atoms with Gasteiger partial charge in [-0.1, -0.05) is 143 Å². The monoisotopic (exact) mass is 462 g/mol. The van der Waals surface area contributed by atoms with Crippen molar-refractivity contribution in [2.24, 2.45) is 0 Å². The molecule has 2 heteroatoms. The van der Waals surface area contributed by atoms with Gasteiger partial charge in [-0.2, -0.15) is 0 Å². The van der Waals surface area contributed by atoms with Crippen LogP contribution in [0.1, 0.15) is 168 Å². The second kappa shape index (κ2) is 23.1. The predicted octanol–water partition coefficient (Wildman–Crippen LogP) is 10.4. The topological polar surface area (TPSA) is 6.48 Å². The Morgan fingerprint density at radius 2 is 0.697 bits per heavy atom. The summed E-state index contributed by atoms with van der Waals surface area (Å²) >= 11 is 0. The minimum Gasteiger partial charge on any atom is -0.356 e. The lowest BCUT2D eigenvalue weighted by atomic mass is 10.0. The van der Waals surface area contributed by atoms with Gasteiger partial charge in [0.05, 0.1) is 0 Å². The van der Waals surface area contributed by atoms with Crippen LogP contribution in [0, 0.1) is 0 Å². The third-order valence-corrected chi connectivity index (χ3v) is 7.57. The summed E-state index contributed by atoms with van der Waals surface area (Å²) in [5, 5.41) is 0. The van der Waals surface area contributed by atoms with Crippen LogP contribution >= 0.6 is 0 Å². The van der Waals surface area contributed by atoms with Crippen LogP contribution in [0.4, 0.5) is 0 Å². The molecule has 0 bridgehead atoms. The predicted molar refractivity (Wildman–Crippen MR) is 150 cm³/mol. The maximum Gasteiger partial charge on any atom is 0.101 e. The molecule has 0 aromatic heterocycles. The first-order valence-electron chi connectivity index (χ1n) is 15.5. The molecule has 1 unspecified atom stereocenters. The van der Waals surface area contributed by atoms with Gasteiger partial charge in [0.15, 0.2) is 0 Å². The molecule has 0 spiro atoms. The summed E-state index contributed by atoms with van der Waals surface area (Å²) in [6, 6.07) is 0. The van der Waals surface area contributed by atoms with Gasteiger partial charge >= 0.3 is 0 Å². The molecule has 1 rings (SSSR count). The van der Waals surface area contributed by atoms with Crippen LogP contribution < -0.4 is 0 Å². The van der Waals surface area contributed by atoms with E-state index >= 15 is 0 Å². The Hall–Kier alpha value is -0.660. The van der Waals surface area contributed by atoms with E-state index in [-0.39, 0.29) is 0 Å². The van der Waals surface area contributed by atoms with E-state index in [4.69, 9.17) is 0 Å². The molecule has 0 saturated heterocycles. The lowest BCUT2D eigenvalue weighted by Gasteiger charge is -2.33. The van der Waals surface area contributed by atoms with Crippen molar-refractivity contribution in [3.8, 4) is 0 Å². The lowest BCUT2D eigenvalue weighted by molar-refractivity contribution is 0.135. The van der Waals surface area contributed by atoms with Crippen LogP contribution in [-0.4, -0.2) is 29.1 Å². The summed E-state index contributed by atoms with van der Waals surface area (Å²) in [5.74, 6) is 0. The maximum atomic E-state index is 2.69. The van der Waals surface area contributed by atoms with Crippen molar-refractivity contribution in [1.29, 1.82) is 0 Å². The highest BCUT2D eigenvalue weighted by molar-refractivity contribution is 4.97. The van der Waals surface area contributed by atoms with Crippen molar-refractivity contribution in [2.45, 2.75) is 175 Å². The molecule has 0 radical (unpaired) electrons. The molecule has 0 aromatic carbocycles. The van der Waals surface area contributed by atoms with E-state index in [0.29, 0.717) is 6.17 Å². The normalized spacial score (nSPS) is 15.8. The van der Waals surface area contributed by atoms with Crippen molar-refractivity contribution in [1.82, 2.24) is 9.80 Å². The average Bonchev–Trinajstić information content (AvgIpc) is 3.21. The molecular formula is C31H62N2. The Balaban J connectivity index is 2.23. The molecule has 0 aromatic rings. The lowest BCUT2D eigenvalue weighted by Crippen LogP contribution is -2.39. The molecule has 2 nitrogen and oxygen atoms in total. The smallest absolute Gasteiger partial charge is 0.101 e. The molecule has 0 amide bonds. The van der Waals surface area contributed by atoms with Crippen molar-refractivity contribution in [2.75, 3.05) is 13.1 Å². The first-order chi connectivity index (χ1) is 16.3. The third kappa shape index (κ3) is 16.6. The number of hydrogen-bond acceptors (Lipinski definition) is 2. The molecule has 0 saturated carbocycles. The summed E-state index contributed by atoms with van der Waals surface area (Å²) in [5.41, 5.74) is 0. The second-order valence-corrected chi connectivity index (χ2v) is 10.8. The highest BCUT2D eigenvalue weighted by Crippen LogP contribution is 2.24. The molecule has 196 valence electrons. The van der Waals surface area contributed by atoms with Crippen molar-refractivity contribution < 1.29 is 0 Å². The van der Waals surface area contributed by atoms with Gasteiger partial charge in [0.25, 0.3) is 0 Å². The number of rotatable bonds is 25. The van der Waals surface area contributed by atoms with Gasteiger partial charge in [0.1, 0.15) is 6.17 Å². The van der Waals surface area contributed by atoms with Crippen LogP contribution in [0.25, 0.3) is 0 Å². The second-order valence-electron chi connectivity index (χ2n) is 10.8. The van der Waals surface area contributed by atoms with Crippen molar-refractivity contribution in [3.05, 3.63) is 12.4 Å². The first-order valence-corrected chi connectivity index (χ1v) is 15.5. The minimum absolute atomic E-state index is 0.644. The molecule has 1 aliphatic heterocycles. The van der Waals surface area contributed by atoms with E-state index in [1.54, 1.807) is 0 Å². The van der Waals surface area contributed by atoms with Crippen molar-refractivity contribution >= 4 is 0 Å². The standard InChI is InChI=1S/C31H62N2/c1-4-7-10-13-15-17-19-21-23-26-31-32(27-24-12-9-6-3)29-30-33(31)28-25-22-20-18-16-14-11-8-5-2/h29-31H,4-28H2,1-3H3. The fraction of sp³-hybridized carbons (Fsp3) is 0.935. The molecule has 1 aliphatic rings. The fourth-order valence-corrected chi connectivity index (χ4v) is 5.30. The van der Waals surface area contributed by atoms with Crippen LogP contribution in [-0.2, 0) is 0 Å². The number of nitrogens with zero attached hydrogens (tertiary/aromatic N) is 2. The van der Waals surface area contributed by atoms with E-state index in [1.165, 1.54) is 161 Å². The molecule has 0 N–H and O–H groups in total. The Bertz CT molecular complexity index is 419. The molecule has 1 heterocycles. The fourth-order valence-electron chi connectivity index (χ4n) is 5.30. The Labute approximate surface area is 210 Å². The zero-order valence-corrected chi connectivity index (χ0v) is 23.3. The van der Waals surface area contributed by atoms with Crippen LogP contribution in [0.5, 0.6) is 0 Å². The Morgan fingerprint density at radius 3 is 1.09 bits per heavy atom. The molecular weight excluding hydrogens is 400 g/mol. The highest BCUT2D eigenvalue weighted by atomic mass is 15.4. The van der Waals surface area contributed by atoms with E-state index in [2.05, 4.69) is 43.0 Å². The first kappa shape index (κ1) is 30.4. The largest absolute Gasteiger partial charge is 0.356 e. The highest BCUT2D eigenvalue weighted by Gasteiger charge is 2.24. The third-order valence-electron chi connectivity index (χ3n) is 7.57. The van der Waals surface area contributed by atoms with Crippen LogP contribution in [0.3, 0.4) is 0 Å². The average molecular weight is 463 g/mol. The van der Waals surface area contributed by atoms with E-state index < -0.39 is 0 Å². The summed E-state index contributed by atoms with van der Waals surface area (Å²) in [4.78, 5) is 5.36. The minimum atomic E-state index is 0.644. The summed E-state index contributed by atoms with van der Waals surface area (Å²) in [6.07, 6.45) is 38.0. The van der Waals surface area contributed by atoms with E-state index in [1.807, 2.05) is 0 Å². The van der Waals surface area contributed by atoms with Gasteiger partial charge in [-0.25, -0.2) is 0 Å². The SMILES string of the molecule is CCCCCCCCCCCC1N(CCCCCC)C=CN1CCCCCCCCCCC. The molecule has 33 heavy (non-hydrogen) atoms. The molecule has 1 atom stereocenters. The van der Waals surface area contributed by atoms with Gasteiger partial charge in [0, 0.05) is 25.5 Å². The van der Waals surface area contributed by atoms with Crippen LogP contribution in [0.2, 0.25) is 0 Å². The quantitative estimate of drug-likeness (QED) is 0.124.